The van der Waals surface area contributed by atoms with E-state index in [1.54, 1.807) is 12.1 Å². The van der Waals surface area contributed by atoms with Crippen LogP contribution in [0.25, 0.3) is 0 Å². The van der Waals surface area contributed by atoms with Gasteiger partial charge in [0, 0.05) is 5.69 Å². The second kappa shape index (κ2) is 10.1. The molecule has 34 heavy (non-hydrogen) atoms. The third-order valence-electron chi connectivity index (χ3n) is 4.53. The number of rotatable bonds is 8. The van der Waals surface area contributed by atoms with Gasteiger partial charge >= 0.3 is 12.1 Å². The van der Waals surface area contributed by atoms with E-state index >= 15 is 0 Å². The zero-order valence-corrected chi connectivity index (χ0v) is 18.4. The number of amides is 1. The second-order valence-electron chi connectivity index (χ2n) is 7.04. The Kier molecular flexibility index (Phi) is 7.42. The van der Waals surface area contributed by atoms with E-state index in [-0.39, 0.29) is 22.7 Å². The molecule has 0 aliphatic heterocycles. The molecule has 1 atom stereocenters. The molecular formula is C22H19F3N2O6S. The standard InChI is InChI=1S/C22H19F3N2O6S/c1-14(20(28)27-17-9-7-16(8-10-17)22(23,24)25)33-21(29)15-4-2-6-19(12-15)34(30,31)26-13-18-5-3-11-32-18/h2-12,14,26H,13H2,1H3,(H,27,28). The van der Waals surface area contributed by atoms with Gasteiger partial charge in [-0.1, -0.05) is 6.07 Å². The molecule has 1 amide bonds. The zero-order valence-electron chi connectivity index (χ0n) is 17.6. The van der Waals surface area contributed by atoms with Crippen LogP contribution in [0.5, 0.6) is 0 Å². The van der Waals surface area contributed by atoms with Crippen LogP contribution < -0.4 is 10.0 Å². The molecule has 0 bridgehead atoms. The third kappa shape index (κ3) is 6.45. The highest BCUT2D eigenvalue weighted by Gasteiger charge is 2.30. The molecule has 0 saturated carbocycles. The summed E-state index contributed by atoms with van der Waals surface area (Å²) < 4.78 is 75.3. The molecule has 0 fully saturated rings. The lowest BCUT2D eigenvalue weighted by molar-refractivity contribution is -0.137. The summed E-state index contributed by atoms with van der Waals surface area (Å²) in [6, 6.07) is 12.0. The van der Waals surface area contributed by atoms with Gasteiger partial charge in [0.05, 0.1) is 28.8 Å². The maximum atomic E-state index is 12.6. The number of anilines is 1. The number of sulfonamides is 1. The van der Waals surface area contributed by atoms with Gasteiger partial charge in [-0.25, -0.2) is 17.9 Å². The monoisotopic (exact) mass is 496 g/mol. The number of esters is 1. The lowest BCUT2D eigenvalue weighted by Gasteiger charge is -2.14. The van der Waals surface area contributed by atoms with Crippen LogP contribution in [-0.2, 0) is 32.3 Å². The normalized spacial score (nSPS) is 12.7. The van der Waals surface area contributed by atoms with Gasteiger partial charge in [-0.3, -0.25) is 4.79 Å². The van der Waals surface area contributed by atoms with Crippen molar-refractivity contribution in [3.63, 3.8) is 0 Å². The molecule has 2 N–H and O–H groups in total. The average molecular weight is 496 g/mol. The van der Waals surface area contributed by atoms with Crippen molar-refractivity contribution >= 4 is 27.6 Å². The summed E-state index contributed by atoms with van der Waals surface area (Å²) in [5.41, 5.74) is -0.912. The predicted molar refractivity (Wildman–Crippen MR) is 114 cm³/mol. The number of furan rings is 1. The van der Waals surface area contributed by atoms with Gasteiger partial charge in [-0.15, -0.1) is 0 Å². The van der Waals surface area contributed by atoms with Crippen LogP contribution in [0.4, 0.5) is 18.9 Å². The van der Waals surface area contributed by atoms with E-state index in [0.29, 0.717) is 5.76 Å². The van der Waals surface area contributed by atoms with E-state index in [1.165, 1.54) is 31.4 Å². The molecule has 0 radical (unpaired) electrons. The molecule has 2 aromatic carbocycles. The molecule has 1 unspecified atom stereocenters. The van der Waals surface area contributed by atoms with Crippen LogP contribution in [0.3, 0.4) is 0 Å². The molecule has 0 spiro atoms. The molecule has 0 aliphatic carbocycles. The number of alkyl halides is 3. The minimum atomic E-state index is -4.51. The highest BCUT2D eigenvalue weighted by Crippen LogP contribution is 2.29. The Bertz CT molecular complexity index is 1260. The number of carbonyl (C=O) groups is 2. The van der Waals surface area contributed by atoms with Gasteiger partial charge in [-0.05, 0) is 61.5 Å². The van der Waals surface area contributed by atoms with Crippen LogP contribution in [0, 0.1) is 0 Å². The SMILES string of the molecule is CC(OC(=O)c1cccc(S(=O)(=O)NCc2ccco2)c1)C(=O)Nc1ccc(C(F)(F)F)cc1. The van der Waals surface area contributed by atoms with Gasteiger partial charge in [-0.2, -0.15) is 13.2 Å². The van der Waals surface area contributed by atoms with Gasteiger partial charge in [0.1, 0.15) is 5.76 Å². The van der Waals surface area contributed by atoms with E-state index in [0.717, 1.165) is 30.3 Å². The number of hydrogen-bond acceptors (Lipinski definition) is 6. The first-order valence-electron chi connectivity index (χ1n) is 9.77. The summed E-state index contributed by atoms with van der Waals surface area (Å²) in [5, 5.41) is 2.34. The number of benzene rings is 2. The zero-order chi connectivity index (χ0) is 24.9. The Hall–Kier alpha value is -3.64. The van der Waals surface area contributed by atoms with E-state index in [4.69, 9.17) is 9.15 Å². The Morgan fingerprint density at radius 2 is 1.76 bits per heavy atom. The van der Waals surface area contributed by atoms with Crippen molar-refractivity contribution in [2.24, 2.45) is 0 Å². The van der Waals surface area contributed by atoms with Gasteiger partial charge in [0.15, 0.2) is 6.10 Å². The lowest BCUT2D eigenvalue weighted by atomic mass is 10.2. The molecule has 3 rings (SSSR count). The van der Waals surface area contributed by atoms with Gasteiger partial charge in [0.2, 0.25) is 10.0 Å². The predicted octanol–water partition coefficient (Wildman–Crippen LogP) is 3.96. The molecule has 8 nitrogen and oxygen atoms in total. The summed E-state index contributed by atoms with van der Waals surface area (Å²) >= 11 is 0. The third-order valence-corrected chi connectivity index (χ3v) is 5.93. The Labute approximate surface area is 192 Å². The van der Waals surface area contributed by atoms with Gasteiger partial charge < -0.3 is 14.5 Å². The number of ether oxygens (including phenoxy) is 1. The van der Waals surface area contributed by atoms with E-state index in [9.17, 15) is 31.2 Å². The number of nitrogens with one attached hydrogen (secondary N) is 2. The average Bonchev–Trinajstić information content (AvgIpc) is 3.31. The highest BCUT2D eigenvalue weighted by molar-refractivity contribution is 7.89. The molecule has 1 aromatic heterocycles. The maximum Gasteiger partial charge on any atom is 0.416 e. The largest absolute Gasteiger partial charge is 0.468 e. The maximum absolute atomic E-state index is 12.6. The number of hydrogen-bond donors (Lipinski definition) is 2. The first-order chi connectivity index (χ1) is 16.0. The van der Waals surface area contributed by atoms with E-state index in [2.05, 4.69) is 10.0 Å². The molecular weight excluding hydrogens is 477 g/mol. The fraction of sp³-hybridized carbons (Fsp3) is 0.182. The molecule has 0 aliphatic rings. The summed E-state index contributed by atoms with van der Waals surface area (Å²) in [6.07, 6.45) is -4.43. The molecule has 180 valence electrons. The minimum absolute atomic E-state index is 0.0802. The van der Waals surface area contributed by atoms with Crippen LogP contribution in [-0.4, -0.2) is 26.4 Å². The summed E-state index contributed by atoms with van der Waals surface area (Å²) in [5.74, 6) is -1.35. The van der Waals surface area contributed by atoms with E-state index in [1.807, 2.05) is 0 Å². The first-order valence-corrected chi connectivity index (χ1v) is 11.3. The smallest absolute Gasteiger partial charge is 0.416 e. The van der Waals surface area contributed by atoms with Crippen molar-refractivity contribution in [2.75, 3.05) is 5.32 Å². The van der Waals surface area contributed by atoms with Crippen LogP contribution in [0.1, 0.15) is 28.6 Å². The fourth-order valence-electron chi connectivity index (χ4n) is 2.72. The van der Waals surface area contributed by atoms with Crippen LogP contribution >= 0.6 is 0 Å². The summed E-state index contributed by atoms with van der Waals surface area (Å²) in [4.78, 5) is 24.5. The quantitative estimate of drug-likeness (QED) is 0.457. The van der Waals surface area contributed by atoms with E-state index < -0.39 is 39.7 Å². The molecule has 1 heterocycles. The molecule has 0 saturated heterocycles. The van der Waals surface area contributed by atoms with Crippen LogP contribution in [0.15, 0.2) is 76.2 Å². The summed E-state index contributed by atoms with van der Waals surface area (Å²) in [6.45, 7) is 1.17. The Morgan fingerprint density at radius 1 is 1.06 bits per heavy atom. The highest BCUT2D eigenvalue weighted by atomic mass is 32.2. The topological polar surface area (TPSA) is 115 Å². The van der Waals surface area contributed by atoms with Crippen LogP contribution in [0.2, 0.25) is 0 Å². The van der Waals surface area contributed by atoms with Crippen molar-refractivity contribution in [3.8, 4) is 0 Å². The Balaban J connectivity index is 1.61. The van der Waals surface area contributed by atoms with Crippen molar-refractivity contribution < 1.29 is 40.3 Å². The van der Waals surface area contributed by atoms with Crippen molar-refractivity contribution in [1.29, 1.82) is 0 Å². The van der Waals surface area contributed by atoms with Crippen molar-refractivity contribution in [3.05, 3.63) is 83.8 Å². The van der Waals surface area contributed by atoms with Crippen molar-refractivity contribution in [2.45, 2.75) is 30.6 Å². The number of carbonyl (C=O) groups excluding carboxylic acids is 2. The second-order valence-corrected chi connectivity index (χ2v) is 8.81. The molecule has 12 heteroatoms. The molecule has 3 aromatic rings. The summed E-state index contributed by atoms with van der Waals surface area (Å²) in [7, 11) is -3.97. The first kappa shape index (κ1) is 25.0. The minimum Gasteiger partial charge on any atom is -0.468 e. The fourth-order valence-corrected chi connectivity index (χ4v) is 3.76. The Morgan fingerprint density at radius 3 is 2.38 bits per heavy atom. The van der Waals surface area contributed by atoms with Gasteiger partial charge in [0.25, 0.3) is 5.91 Å². The van der Waals surface area contributed by atoms with Crippen molar-refractivity contribution in [1.82, 2.24) is 4.72 Å². The number of halogens is 3. The lowest BCUT2D eigenvalue weighted by Crippen LogP contribution is -2.30.